The molecule has 9 nitrogen and oxygen atoms in total. The minimum atomic E-state index is -3.70. The summed E-state index contributed by atoms with van der Waals surface area (Å²) in [6, 6.07) is 4.62. The molecule has 1 saturated heterocycles. The molecule has 0 unspecified atom stereocenters. The van der Waals surface area contributed by atoms with Gasteiger partial charge in [0.1, 0.15) is 18.4 Å². The Balaban J connectivity index is 1.41. The van der Waals surface area contributed by atoms with E-state index >= 15 is 0 Å². The van der Waals surface area contributed by atoms with Crippen LogP contribution in [0.5, 0.6) is 11.5 Å². The van der Waals surface area contributed by atoms with Gasteiger partial charge in [-0.25, -0.2) is 8.42 Å². The van der Waals surface area contributed by atoms with Gasteiger partial charge in [-0.3, -0.25) is 9.48 Å². The van der Waals surface area contributed by atoms with Gasteiger partial charge in [-0.2, -0.15) is 9.40 Å². The molecule has 1 amide bonds. The Kier molecular flexibility index (Phi) is 5.96. The van der Waals surface area contributed by atoms with Crippen molar-refractivity contribution in [1.29, 1.82) is 0 Å². The Hall–Kier alpha value is -2.56. The molecule has 0 saturated carbocycles. The standard InChI is InChI=1S/C20H23ClN4O5S/c1-14-16(20(21)23(2)22-14)4-6-19(26)24-7-9-25(10-8-24)31(27,28)15-3-5-17-18(13-15)30-12-11-29-17/h3-6,13H,7-12H2,1-2H3/b6-4+. The van der Waals surface area contributed by atoms with Crippen LogP contribution < -0.4 is 9.47 Å². The van der Waals surface area contributed by atoms with Gasteiger partial charge in [-0.1, -0.05) is 11.6 Å². The molecule has 4 rings (SSSR count). The lowest BCUT2D eigenvalue weighted by Gasteiger charge is -2.33. The van der Waals surface area contributed by atoms with Gasteiger partial charge < -0.3 is 14.4 Å². The number of halogens is 1. The molecular formula is C20H23ClN4O5S. The number of amides is 1. The summed E-state index contributed by atoms with van der Waals surface area (Å²) in [5.74, 6) is 0.766. The maximum absolute atomic E-state index is 13.0. The van der Waals surface area contributed by atoms with Crippen LogP contribution in [0.2, 0.25) is 5.15 Å². The molecule has 31 heavy (non-hydrogen) atoms. The SMILES string of the molecule is Cc1nn(C)c(Cl)c1/C=C/C(=O)N1CCN(S(=O)(=O)c2ccc3c(c2)OCCO3)CC1. The summed E-state index contributed by atoms with van der Waals surface area (Å²) in [6.07, 6.45) is 3.09. The van der Waals surface area contributed by atoms with Crippen LogP contribution in [0.4, 0.5) is 0 Å². The molecule has 1 fully saturated rings. The molecule has 2 aliphatic rings. The number of hydrogen-bond donors (Lipinski definition) is 0. The number of aryl methyl sites for hydroxylation is 2. The molecule has 0 radical (unpaired) electrons. The Bertz CT molecular complexity index is 1140. The van der Waals surface area contributed by atoms with Gasteiger partial charge >= 0.3 is 0 Å². The average molecular weight is 467 g/mol. The number of rotatable bonds is 4. The van der Waals surface area contributed by atoms with Crippen LogP contribution in [0.3, 0.4) is 0 Å². The number of carbonyl (C=O) groups is 1. The van der Waals surface area contributed by atoms with Crippen LogP contribution in [-0.2, 0) is 21.9 Å². The van der Waals surface area contributed by atoms with E-state index in [-0.39, 0.29) is 23.9 Å². The predicted molar refractivity (Wildman–Crippen MR) is 115 cm³/mol. The van der Waals surface area contributed by atoms with Crippen molar-refractivity contribution in [2.45, 2.75) is 11.8 Å². The number of fused-ring (bicyclic) bond motifs is 1. The van der Waals surface area contributed by atoms with Crippen molar-refractivity contribution < 1.29 is 22.7 Å². The molecule has 0 aliphatic carbocycles. The van der Waals surface area contributed by atoms with Crippen molar-refractivity contribution in [2.75, 3.05) is 39.4 Å². The third-order valence-electron chi connectivity index (χ3n) is 5.29. The number of hydrogen-bond acceptors (Lipinski definition) is 6. The molecule has 1 aromatic carbocycles. The normalized spacial score (nSPS) is 17.3. The Morgan fingerprint density at radius 2 is 1.81 bits per heavy atom. The highest BCUT2D eigenvalue weighted by atomic mass is 35.5. The number of nitrogens with zero attached hydrogens (tertiary/aromatic N) is 4. The molecular weight excluding hydrogens is 444 g/mol. The molecule has 0 spiro atoms. The third-order valence-corrected chi connectivity index (χ3v) is 7.63. The number of benzene rings is 1. The zero-order valence-electron chi connectivity index (χ0n) is 17.2. The smallest absolute Gasteiger partial charge is 0.246 e. The van der Waals surface area contributed by atoms with Crippen LogP contribution in [0.15, 0.2) is 29.2 Å². The fraction of sp³-hybridized carbons (Fsp3) is 0.400. The maximum Gasteiger partial charge on any atom is 0.246 e. The van der Waals surface area contributed by atoms with Crippen molar-refractivity contribution in [3.63, 3.8) is 0 Å². The zero-order chi connectivity index (χ0) is 22.2. The first-order chi connectivity index (χ1) is 14.8. The van der Waals surface area contributed by atoms with Crippen LogP contribution in [0.1, 0.15) is 11.3 Å². The van der Waals surface area contributed by atoms with E-state index in [0.717, 1.165) is 5.69 Å². The van der Waals surface area contributed by atoms with Crippen molar-refractivity contribution in [3.8, 4) is 11.5 Å². The molecule has 2 aromatic rings. The number of ether oxygens (including phenoxy) is 2. The van der Waals surface area contributed by atoms with E-state index in [1.807, 2.05) is 6.92 Å². The van der Waals surface area contributed by atoms with Crippen molar-refractivity contribution in [2.24, 2.45) is 7.05 Å². The number of piperazine rings is 1. The first kappa shape index (κ1) is 21.7. The lowest BCUT2D eigenvalue weighted by molar-refractivity contribution is -0.127. The Morgan fingerprint density at radius 3 is 2.45 bits per heavy atom. The van der Waals surface area contributed by atoms with Gasteiger partial charge in [-0.05, 0) is 25.1 Å². The lowest BCUT2D eigenvalue weighted by atomic mass is 10.2. The second-order valence-electron chi connectivity index (χ2n) is 7.28. The van der Waals surface area contributed by atoms with Crippen molar-refractivity contribution >= 4 is 33.6 Å². The van der Waals surface area contributed by atoms with Crippen LogP contribution >= 0.6 is 11.6 Å². The van der Waals surface area contributed by atoms with Crippen LogP contribution in [0, 0.1) is 6.92 Å². The summed E-state index contributed by atoms with van der Waals surface area (Å²) in [4.78, 5) is 14.3. The summed E-state index contributed by atoms with van der Waals surface area (Å²) in [5.41, 5.74) is 1.42. The number of aromatic nitrogens is 2. The molecule has 2 aliphatic heterocycles. The highest BCUT2D eigenvalue weighted by Crippen LogP contribution is 2.33. The Labute approximate surface area is 185 Å². The first-order valence-electron chi connectivity index (χ1n) is 9.83. The van der Waals surface area contributed by atoms with Crippen LogP contribution in [0.25, 0.3) is 6.08 Å². The fourth-order valence-electron chi connectivity index (χ4n) is 3.58. The number of sulfonamides is 1. The monoisotopic (exact) mass is 466 g/mol. The molecule has 0 N–H and O–H groups in total. The van der Waals surface area contributed by atoms with Gasteiger partial charge in [0.05, 0.1) is 10.6 Å². The molecule has 1 aromatic heterocycles. The second-order valence-corrected chi connectivity index (χ2v) is 9.58. The van der Waals surface area contributed by atoms with E-state index in [0.29, 0.717) is 48.5 Å². The molecule has 11 heteroatoms. The minimum Gasteiger partial charge on any atom is -0.486 e. The van der Waals surface area contributed by atoms with E-state index in [2.05, 4.69) is 5.10 Å². The first-order valence-corrected chi connectivity index (χ1v) is 11.6. The van der Waals surface area contributed by atoms with E-state index in [1.165, 1.54) is 22.5 Å². The topological polar surface area (TPSA) is 94.0 Å². The highest BCUT2D eigenvalue weighted by molar-refractivity contribution is 7.89. The zero-order valence-corrected chi connectivity index (χ0v) is 18.8. The summed E-state index contributed by atoms with van der Waals surface area (Å²) in [6.45, 7) is 3.66. The molecule has 0 bridgehead atoms. The Morgan fingerprint density at radius 1 is 1.13 bits per heavy atom. The van der Waals surface area contributed by atoms with Gasteiger partial charge in [-0.15, -0.1) is 0 Å². The minimum absolute atomic E-state index is 0.151. The van der Waals surface area contributed by atoms with E-state index in [1.54, 1.807) is 28.8 Å². The fourth-order valence-corrected chi connectivity index (χ4v) is 5.25. The summed E-state index contributed by atoms with van der Waals surface area (Å²) >= 11 is 6.19. The summed E-state index contributed by atoms with van der Waals surface area (Å²) < 4.78 is 39.9. The molecule has 3 heterocycles. The lowest BCUT2D eigenvalue weighted by Crippen LogP contribution is -2.50. The second kappa shape index (κ2) is 8.52. The van der Waals surface area contributed by atoms with Gasteiger partial charge in [0, 0.05) is 50.9 Å². The maximum atomic E-state index is 13.0. The molecule has 166 valence electrons. The number of carbonyl (C=O) groups excluding carboxylic acids is 1. The van der Waals surface area contributed by atoms with Crippen LogP contribution in [-0.4, -0.2) is 72.7 Å². The quantitative estimate of drug-likeness (QED) is 0.636. The van der Waals surface area contributed by atoms with E-state index < -0.39 is 10.0 Å². The van der Waals surface area contributed by atoms with Gasteiger partial charge in [0.15, 0.2) is 11.5 Å². The summed E-state index contributed by atoms with van der Waals surface area (Å²) in [7, 11) is -1.96. The van der Waals surface area contributed by atoms with E-state index in [4.69, 9.17) is 21.1 Å². The van der Waals surface area contributed by atoms with Crippen molar-refractivity contribution in [3.05, 3.63) is 40.7 Å². The van der Waals surface area contributed by atoms with E-state index in [9.17, 15) is 13.2 Å². The summed E-state index contributed by atoms with van der Waals surface area (Å²) in [5, 5.41) is 4.67. The average Bonchev–Trinajstić information content (AvgIpc) is 3.02. The van der Waals surface area contributed by atoms with Gasteiger partial charge in [0.25, 0.3) is 0 Å². The largest absolute Gasteiger partial charge is 0.486 e. The third kappa shape index (κ3) is 4.28. The van der Waals surface area contributed by atoms with Gasteiger partial charge in [0.2, 0.25) is 15.9 Å². The highest BCUT2D eigenvalue weighted by Gasteiger charge is 2.30. The molecule has 0 atom stereocenters. The van der Waals surface area contributed by atoms with Crippen molar-refractivity contribution in [1.82, 2.24) is 19.0 Å². The predicted octanol–water partition coefficient (Wildman–Crippen LogP) is 1.70.